The van der Waals surface area contributed by atoms with Crippen molar-refractivity contribution >= 4 is 92.9 Å². The molecule has 2 aromatic carbocycles. The molecular weight excluding hydrogens is 473 g/mol. The third kappa shape index (κ3) is 3.11. The average molecular weight is 479 g/mol. The van der Waals surface area contributed by atoms with E-state index in [2.05, 4.69) is 0 Å². The molecule has 0 saturated carbocycles. The average Bonchev–Trinajstić information content (AvgIpc) is 2.53. The van der Waals surface area contributed by atoms with Gasteiger partial charge >= 0.3 is 11.9 Å². The van der Waals surface area contributed by atoms with E-state index < -0.39 is 43.2 Å². The third-order valence-electron chi connectivity index (χ3n) is 3.38. The summed E-state index contributed by atoms with van der Waals surface area (Å²) in [5, 5.41) is 16.4. The fraction of sp³-hybridized carbons (Fsp3) is 0. The normalized spacial score (nSPS) is 10.8. The molecule has 6 nitrogen and oxygen atoms in total. The van der Waals surface area contributed by atoms with Crippen LogP contribution in [0.15, 0.2) is 0 Å². The molecule has 138 valence electrons. The van der Waals surface area contributed by atoms with Crippen molar-refractivity contribution in [3.63, 3.8) is 0 Å². The summed E-state index contributed by atoms with van der Waals surface area (Å²) in [5.74, 6) is -3.01. The number of nitrogen functional groups attached to an aromatic ring is 2. The van der Waals surface area contributed by atoms with Crippen molar-refractivity contribution in [1.29, 1.82) is 0 Å². The number of carboxylic acids is 2. The molecular formula is C14H6Cl6N2O4. The molecule has 12 heteroatoms. The van der Waals surface area contributed by atoms with Crippen molar-refractivity contribution in [1.82, 2.24) is 0 Å². The quantitative estimate of drug-likeness (QED) is 0.411. The Morgan fingerprint density at radius 1 is 0.577 bits per heavy atom. The van der Waals surface area contributed by atoms with Crippen LogP contribution < -0.4 is 11.5 Å². The molecule has 6 N–H and O–H groups in total. The Morgan fingerprint density at radius 3 is 1.08 bits per heavy atom. The third-order valence-corrected chi connectivity index (χ3v) is 5.71. The number of benzene rings is 2. The van der Waals surface area contributed by atoms with E-state index in [4.69, 9.17) is 81.1 Å². The molecule has 0 fully saturated rings. The zero-order valence-corrected chi connectivity index (χ0v) is 16.7. The SMILES string of the molecule is Nc1c(Cl)c(C(=O)O)c(Cl)c(-c2c(Cl)c(N)c(Cl)c(C(=O)O)c2Cl)c1Cl. The maximum atomic E-state index is 11.5. The van der Waals surface area contributed by atoms with Crippen LogP contribution in [0, 0.1) is 0 Å². The highest BCUT2D eigenvalue weighted by Gasteiger charge is 2.31. The Morgan fingerprint density at radius 2 is 0.846 bits per heavy atom. The first kappa shape index (κ1) is 21.0. The molecule has 0 aromatic heterocycles. The number of halogens is 6. The maximum Gasteiger partial charge on any atom is 0.338 e. The minimum absolute atomic E-state index is 0.242. The smallest absolute Gasteiger partial charge is 0.338 e. The first-order chi connectivity index (χ1) is 11.9. The van der Waals surface area contributed by atoms with Gasteiger partial charge < -0.3 is 21.7 Å². The van der Waals surface area contributed by atoms with Gasteiger partial charge in [0.1, 0.15) is 0 Å². The number of hydrogen-bond acceptors (Lipinski definition) is 4. The van der Waals surface area contributed by atoms with Crippen molar-refractivity contribution in [3.8, 4) is 11.1 Å². The summed E-state index contributed by atoms with van der Waals surface area (Å²) in [6, 6.07) is 0. The van der Waals surface area contributed by atoms with Gasteiger partial charge in [0.25, 0.3) is 0 Å². The molecule has 0 aliphatic rings. The Hall–Kier alpha value is -1.28. The first-order valence-electron chi connectivity index (χ1n) is 6.32. The van der Waals surface area contributed by atoms with Crippen LogP contribution in [0.3, 0.4) is 0 Å². The van der Waals surface area contributed by atoms with Gasteiger partial charge in [-0.3, -0.25) is 0 Å². The van der Waals surface area contributed by atoms with Gasteiger partial charge in [0.15, 0.2) is 0 Å². The van der Waals surface area contributed by atoms with Crippen molar-refractivity contribution in [2.24, 2.45) is 0 Å². The summed E-state index contributed by atoms with van der Waals surface area (Å²) < 4.78 is 0. The van der Waals surface area contributed by atoms with Gasteiger partial charge in [0.2, 0.25) is 0 Å². The lowest BCUT2D eigenvalue weighted by Gasteiger charge is -2.19. The van der Waals surface area contributed by atoms with Crippen molar-refractivity contribution in [3.05, 3.63) is 41.3 Å². The van der Waals surface area contributed by atoms with Gasteiger partial charge in [0, 0.05) is 11.1 Å². The van der Waals surface area contributed by atoms with Crippen LogP contribution in [0.1, 0.15) is 20.7 Å². The van der Waals surface area contributed by atoms with Crippen LogP contribution in [-0.2, 0) is 0 Å². The Labute approximate surface area is 176 Å². The minimum Gasteiger partial charge on any atom is -0.478 e. The second kappa shape index (κ2) is 7.38. The van der Waals surface area contributed by atoms with E-state index in [0.717, 1.165) is 0 Å². The molecule has 0 atom stereocenters. The highest BCUT2D eigenvalue weighted by molar-refractivity contribution is 6.52. The lowest BCUT2D eigenvalue weighted by molar-refractivity contribution is 0.0686. The molecule has 0 bridgehead atoms. The summed E-state index contributed by atoms with van der Waals surface area (Å²) in [6.45, 7) is 0. The van der Waals surface area contributed by atoms with Crippen molar-refractivity contribution in [2.45, 2.75) is 0 Å². The number of rotatable bonds is 3. The number of hydrogen-bond donors (Lipinski definition) is 4. The summed E-state index contributed by atoms with van der Waals surface area (Å²) in [7, 11) is 0. The van der Waals surface area contributed by atoms with E-state index in [1.807, 2.05) is 0 Å². The standard InChI is InChI=1S/C14H6Cl6N2O4/c15-5-1(7(17)11(21)9(19)3(5)13(23)24)2-6(16)4(14(25)26)10(20)12(22)8(2)18/h21-22H2,(H,23,24)(H,25,26). The molecule has 0 radical (unpaired) electrons. The summed E-state index contributed by atoms with van der Waals surface area (Å²) in [6.07, 6.45) is 0. The van der Waals surface area contributed by atoms with Crippen LogP contribution in [0.2, 0.25) is 30.1 Å². The predicted molar refractivity (Wildman–Crippen MR) is 105 cm³/mol. The van der Waals surface area contributed by atoms with Gasteiger partial charge in [-0.2, -0.15) is 0 Å². The van der Waals surface area contributed by atoms with E-state index in [0.29, 0.717) is 0 Å². The van der Waals surface area contributed by atoms with E-state index >= 15 is 0 Å². The summed E-state index contributed by atoms with van der Waals surface area (Å²) in [5.41, 5.74) is 9.24. The Bertz CT molecular complexity index is 913. The molecule has 0 heterocycles. The molecule has 0 aliphatic carbocycles. The highest BCUT2D eigenvalue weighted by atomic mass is 35.5. The maximum absolute atomic E-state index is 11.5. The molecule has 0 spiro atoms. The largest absolute Gasteiger partial charge is 0.478 e. The van der Waals surface area contributed by atoms with Crippen LogP contribution >= 0.6 is 69.6 Å². The zero-order valence-electron chi connectivity index (χ0n) is 12.1. The summed E-state index contributed by atoms with van der Waals surface area (Å²) >= 11 is 36.4. The van der Waals surface area contributed by atoms with Gasteiger partial charge in [-0.25, -0.2) is 9.59 Å². The number of anilines is 2. The first-order valence-corrected chi connectivity index (χ1v) is 8.58. The number of aromatic carboxylic acids is 2. The van der Waals surface area contributed by atoms with Gasteiger partial charge in [0.05, 0.1) is 52.6 Å². The van der Waals surface area contributed by atoms with Crippen LogP contribution in [-0.4, -0.2) is 22.2 Å². The molecule has 0 unspecified atom stereocenters. The van der Waals surface area contributed by atoms with Crippen LogP contribution in [0.25, 0.3) is 11.1 Å². The molecule has 26 heavy (non-hydrogen) atoms. The lowest BCUT2D eigenvalue weighted by atomic mass is 9.98. The van der Waals surface area contributed by atoms with Crippen molar-refractivity contribution in [2.75, 3.05) is 11.5 Å². The van der Waals surface area contributed by atoms with E-state index in [1.165, 1.54) is 0 Å². The molecule has 0 saturated heterocycles. The lowest BCUT2D eigenvalue weighted by Crippen LogP contribution is -2.07. The van der Waals surface area contributed by atoms with E-state index in [9.17, 15) is 19.8 Å². The monoisotopic (exact) mass is 476 g/mol. The second-order valence-electron chi connectivity index (χ2n) is 4.82. The van der Waals surface area contributed by atoms with Gasteiger partial charge in [-0.15, -0.1) is 0 Å². The van der Waals surface area contributed by atoms with Crippen LogP contribution in [0.5, 0.6) is 0 Å². The Kier molecular flexibility index (Phi) is 5.97. The zero-order chi connectivity index (χ0) is 20.1. The molecule has 0 amide bonds. The fourth-order valence-electron chi connectivity index (χ4n) is 2.18. The van der Waals surface area contributed by atoms with Crippen LogP contribution in [0.4, 0.5) is 11.4 Å². The summed E-state index contributed by atoms with van der Waals surface area (Å²) in [4.78, 5) is 23.0. The highest BCUT2D eigenvalue weighted by Crippen LogP contribution is 2.52. The molecule has 2 aromatic rings. The number of carbonyl (C=O) groups is 2. The van der Waals surface area contributed by atoms with E-state index in [-0.39, 0.29) is 32.5 Å². The van der Waals surface area contributed by atoms with Crippen molar-refractivity contribution < 1.29 is 19.8 Å². The van der Waals surface area contributed by atoms with Gasteiger partial charge in [-0.1, -0.05) is 69.6 Å². The Balaban J connectivity index is 3.13. The minimum atomic E-state index is -1.50. The van der Waals surface area contributed by atoms with Gasteiger partial charge in [-0.05, 0) is 0 Å². The molecule has 0 aliphatic heterocycles. The van der Waals surface area contributed by atoms with E-state index in [1.54, 1.807) is 0 Å². The molecule has 2 rings (SSSR count). The topological polar surface area (TPSA) is 127 Å². The fourth-order valence-corrected chi connectivity index (χ4v) is 4.31. The number of nitrogens with two attached hydrogens (primary N) is 2. The number of carboxylic acid groups (broad SMARTS) is 2. The second-order valence-corrected chi connectivity index (χ2v) is 7.09. The predicted octanol–water partition coefficient (Wildman–Crippen LogP) is 5.83.